The van der Waals surface area contributed by atoms with Crippen LogP contribution in [0.15, 0.2) is 18.2 Å². The lowest BCUT2D eigenvalue weighted by Gasteiger charge is -2.19. The van der Waals surface area contributed by atoms with Crippen molar-refractivity contribution in [3.63, 3.8) is 0 Å². The highest BCUT2D eigenvalue weighted by molar-refractivity contribution is 5.76. The first kappa shape index (κ1) is 17.8. The zero-order valence-corrected chi connectivity index (χ0v) is 13.5. The van der Waals surface area contributed by atoms with Gasteiger partial charge in [-0.2, -0.15) is 0 Å². The molecule has 0 spiro atoms. The third-order valence-electron chi connectivity index (χ3n) is 2.57. The summed E-state index contributed by atoms with van der Waals surface area (Å²) >= 11 is 0. The van der Waals surface area contributed by atoms with Gasteiger partial charge in [0.2, 0.25) is 0 Å². The minimum absolute atomic E-state index is 0.409. The van der Waals surface area contributed by atoms with E-state index in [1.165, 1.54) is 7.11 Å². The van der Waals surface area contributed by atoms with Crippen molar-refractivity contribution >= 4 is 12.4 Å². The average Bonchev–Trinajstić information content (AvgIpc) is 2.45. The fraction of sp³-hybridized carbons (Fsp3) is 0.500. The molecule has 0 aliphatic carbocycles. The number of carbonyl (C=O) groups excluding carboxylic acids is 2. The van der Waals surface area contributed by atoms with Crippen LogP contribution in [0.1, 0.15) is 37.6 Å². The van der Waals surface area contributed by atoms with Gasteiger partial charge in [-0.1, -0.05) is 0 Å². The first-order valence-corrected chi connectivity index (χ1v) is 7.08. The molecule has 1 amide bonds. The Balaban J connectivity index is 2.33. The summed E-state index contributed by atoms with van der Waals surface area (Å²) < 4.78 is 15.9. The maximum Gasteiger partial charge on any atom is 0.407 e. The Labute approximate surface area is 130 Å². The van der Waals surface area contributed by atoms with Crippen LogP contribution in [-0.2, 0) is 4.74 Å². The van der Waals surface area contributed by atoms with Crippen LogP contribution < -0.4 is 14.8 Å². The Morgan fingerprint density at radius 2 is 2.00 bits per heavy atom. The summed E-state index contributed by atoms with van der Waals surface area (Å²) in [7, 11) is 1.51. The van der Waals surface area contributed by atoms with E-state index >= 15 is 0 Å². The van der Waals surface area contributed by atoms with Crippen LogP contribution in [0.4, 0.5) is 4.79 Å². The smallest absolute Gasteiger partial charge is 0.407 e. The van der Waals surface area contributed by atoms with Gasteiger partial charge in [0.05, 0.1) is 13.7 Å². The third kappa shape index (κ3) is 6.47. The van der Waals surface area contributed by atoms with Crippen molar-refractivity contribution in [2.45, 2.75) is 32.8 Å². The standard InChI is InChI=1S/C16H23NO5/c1-16(2,3)22-15(19)17-8-5-9-21-13-7-6-12(11-18)10-14(13)20-4/h6-7,10-11H,5,8-9H2,1-4H3,(H,17,19). The van der Waals surface area contributed by atoms with Crippen LogP contribution in [0.5, 0.6) is 11.5 Å². The van der Waals surface area contributed by atoms with E-state index in [1.807, 2.05) is 20.8 Å². The van der Waals surface area contributed by atoms with Gasteiger partial charge in [0, 0.05) is 12.1 Å². The van der Waals surface area contributed by atoms with Crippen LogP contribution in [0.3, 0.4) is 0 Å². The van der Waals surface area contributed by atoms with E-state index in [2.05, 4.69) is 5.32 Å². The molecule has 1 aromatic rings. The Hall–Kier alpha value is -2.24. The summed E-state index contributed by atoms with van der Waals surface area (Å²) in [5, 5.41) is 2.65. The number of nitrogens with one attached hydrogen (secondary N) is 1. The highest BCUT2D eigenvalue weighted by Gasteiger charge is 2.15. The highest BCUT2D eigenvalue weighted by atomic mass is 16.6. The normalized spacial score (nSPS) is 10.7. The van der Waals surface area contributed by atoms with Gasteiger partial charge in [0.15, 0.2) is 11.5 Å². The largest absolute Gasteiger partial charge is 0.493 e. The summed E-state index contributed by atoms with van der Waals surface area (Å²) in [6.45, 7) is 6.29. The lowest BCUT2D eigenvalue weighted by atomic mass is 10.2. The number of benzene rings is 1. The molecular formula is C16H23NO5. The first-order valence-electron chi connectivity index (χ1n) is 7.08. The second-order valence-corrected chi connectivity index (χ2v) is 5.66. The maximum atomic E-state index is 11.4. The van der Waals surface area contributed by atoms with Crippen LogP contribution in [0.25, 0.3) is 0 Å². The molecule has 0 aliphatic rings. The fourth-order valence-electron chi connectivity index (χ4n) is 1.64. The van der Waals surface area contributed by atoms with Gasteiger partial charge in [-0.15, -0.1) is 0 Å². The molecule has 6 nitrogen and oxygen atoms in total. The average molecular weight is 309 g/mol. The van der Waals surface area contributed by atoms with Gasteiger partial charge in [-0.05, 0) is 45.4 Å². The monoisotopic (exact) mass is 309 g/mol. The van der Waals surface area contributed by atoms with Gasteiger partial charge in [0.25, 0.3) is 0 Å². The Bertz CT molecular complexity index is 508. The summed E-state index contributed by atoms with van der Waals surface area (Å²) in [5.41, 5.74) is 0.0182. The van der Waals surface area contributed by atoms with Crippen molar-refractivity contribution in [1.82, 2.24) is 5.32 Å². The number of aldehydes is 1. The van der Waals surface area contributed by atoms with Crippen LogP contribution in [0, 0.1) is 0 Å². The van der Waals surface area contributed by atoms with E-state index in [0.717, 1.165) is 6.29 Å². The molecule has 0 saturated carbocycles. The number of hydrogen-bond acceptors (Lipinski definition) is 5. The maximum absolute atomic E-state index is 11.4. The molecule has 0 aromatic heterocycles. The van der Waals surface area contributed by atoms with Crippen molar-refractivity contribution in [2.24, 2.45) is 0 Å². The molecule has 0 unspecified atom stereocenters. The molecule has 0 aliphatic heterocycles. The minimum atomic E-state index is -0.506. The van der Waals surface area contributed by atoms with E-state index in [1.54, 1.807) is 18.2 Å². The molecule has 0 radical (unpaired) electrons. The minimum Gasteiger partial charge on any atom is -0.493 e. The van der Waals surface area contributed by atoms with Crippen LogP contribution in [0.2, 0.25) is 0 Å². The topological polar surface area (TPSA) is 73.9 Å². The number of rotatable bonds is 7. The molecule has 0 atom stereocenters. The number of alkyl carbamates (subject to hydrolysis) is 1. The number of hydrogen-bond donors (Lipinski definition) is 1. The summed E-state index contributed by atoms with van der Waals surface area (Å²) in [4.78, 5) is 22.1. The highest BCUT2D eigenvalue weighted by Crippen LogP contribution is 2.27. The van der Waals surface area contributed by atoms with Crippen molar-refractivity contribution in [3.05, 3.63) is 23.8 Å². The molecule has 0 bridgehead atoms. The lowest BCUT2D eigenvalue weighted by Crippen LogP contribution is -2.33. The molecule has 0 heterocycles. The molecule has 1 N–H and O–H groups in total. The van der Waals surface area contributed by atoms with Crippen LogP contribution >= 0.6 is 0 Å². The molecule has 6 heteroatoms. The molecule has 0 fully saturated rings. The zero-order valence-electron chi connectivity index (χ0n) is 13.5. The van der Waals surface area contributed by atoms with E-state index in [0.29, 0.717) is 36.6 Å². The van der Waals surface area contributed by atoms with Crippen molar-refractivity contribution in [3.8, 4) is 11.5 Å². The lowest BCUT2D eigenvalue weighted by molar-refractivity contribution is 0.0525. The molecule has 22 heavy (non-hydrogen) atoms. The molecule has 1 aromatic carbocycles. The first-order chi connectivity index (χ1) is 10.4. The number of amides is 1. The van der Waals surface area contributed by atoms with Crippen LogP contribution in [-0.4, -0.2) is 38.2 Å². The van der Waals surface area contributed by atoms with Gasteiger partial charge < -0.3 is 19.5 Å². The van der Waals surface area contributed by atoms with Gasteiger partial charge in [-0.3, -0.25) is 4.79 Å². The van der Waals surface area contributed by atoms with E-state index < -0.39 is 11.7 Å². The Morgan fingerprint density at radius 3 is 2.59 bits per heavy atom. The van der Waals surface area contributed by atoms with Crippen molar-refractivity contribution in [1.29, 1.82) is 0 Å². The van der Waals surface area contributed by atoms with Crippen molar-refractivity contribution in [2.75, 3.05) is 20.3 Å². The molecule has 1 rings (SSSR count). The number of ether oxygens (including phenoxy) is 3. The molecule has 122 valence electrons. The third-order valence-corrected chi connectivity index (χ3v) is 2.57. The predicted molar refractivity (Wildman–Crippen MR) is 82.7 cm³/mol. The summed E-state index contributed by atoms with van der Waals surface area (Å²) in [6, 6.07) is 4.95. The second kappa shape index (κ2) is 8.26. The van der Waals surface area contributed by atoms with Gasteiger partial charge in [-0.25, -0.2) is 4.79 Å². The Kier molecular flexibility index (Phi) is 6.69. The second-order valence-electron chi connectivity index (χ2n) is 5.66. The van der Waals surface area contributed by atoms with Crippen molar-refractivity contribution < 1.29 is 23.8 Å². The van der Waals surface area contributed by atoms with E-state index in [4.69, 9.17) is 14.2 Å². The molecular weight excluding hydrogens is 286 g/mol. The predicted octanol–water partition coefficient (Wildman–Crippen LogP) is 2.80. The van der Waals surface area contributed by atoms with E-state index in [-0.39, 0.29) is 0 Å². The zero-order chi connectivity index (χ0) is 16.6. The number of methoxy groups -OCH3 is 1. The quantitative estimate of drug-likeness (QED) is 0.619. The summed E-state index contributed by atoms with van der Waals surface area (Å²) in [6.07, 6.45) is 0.926. The SMILES string of the molecule is COc1cc(C=O)ccc1OCCCNC(=O)OC(C)(C)C. The number of carbonyl (C=O) groups is 2. The van der Waals surface area contributed by atoms with Gasteiger partial charge >= 0.3 is 6.09 Å². The fourth-order valence-corrected chi connectivity index (χ4v) is 1.64. The van der Waals surface area contributed by atoms with Gasteiger partial charge in [0.1, 0.15) is 11.9 Å². The van der Waals surface area contributed by atoms with E-state index in [9.17, 15) is 9.59 Å². The Morgan fingerprint density at radius 1 is 1.27 bits per heavy atom. The summed E-state index contributed by atoms with van der Waals surface area (Å²) in [5.74, 6) is 1.06. The molecule has 0 saturated heterocycles.